The molecule has 0 unspecified atom stereocenters. The van der Waals surface area contributed by atoms with Gasteiger partial charge in [0.2, 0.25) is 0 Å². The smallest absolute Gasteiger partial charge is 0.270 e. The van der Waals surface area contributed by atoms with Gasteiger partial charge in [-0.15, -0.1) is 0 Å². The topological polar surface area (TPSA) is 71.5 Å². The van der Waals surface area contributed by atoms with Crippen LogP contribution >= 0.6 is 0 Å². The van der Waals surface area contributed by atoms with Gasteiger partial charge in [-0.2, -0.15) is 0 Å². The van der Waals surface area contributed by atoms with E-state index in [1.165, 1.54) is 0 Å². The summed E-state index contributed by atoms with van der Waals surface area (Å²) in [5.41, 5.74) is 0.893. The van der Waals surface area contributed by atoms with Crippen LogP contribution in [0.4, 0.5) is 0 Å². The number of aromatic nitrogens is 1. The van der Waals surface area contributed by atoms with Crippen LogP contribution in [0.1, 0.15) is 42.2 Å². The molecule has 2 N–H and O–H groups in total. The summed E-state index contributed by atoms with van der Waals surface area (Å²) in [6.45, 7) is 3.42. The number of aliphatic hydroxyl groups excluding tert-OH is 1. The first kappa shape index (κ1) is 15.5. The summed E-state index contributed by atoms with van der Waals surface area (Å²) in [5, 5.41) is 11.7. The predicted molar refractivity (Wildman–Crippen MR) is 78.7 cm³/mol. The molecule has 0 aliphatic carbocycles. The van der Waals surface area contributed by atoms with Crippen LogP contribution in [0.3, 0.4) is 0 Å². The Morgan fingerprint density at radius 1 is 1.48 bits per heavy atom. The largest absolute Gasteiger partial charge is 0.395 e. The van der Waals surface area contributed by atoms with Crippen molar-refractivity contribution in [3.8, 4) is 11.8 Å². The first-order valence-corrected chi connectivity index (χ1v) is 7.09. The van der Waals surface area contributed by atoms with E-state index in [9.17, 15) is 4.79 Å². The average molecular weight is 288 g/mol. The normalized spacial score (nSPS) is 16.7. The first-order valence-electron chi connectivity index (χ1n) is 7.09. The molecular weight excluding hydrogens is 268 g/mol. The minimum absolute atomic E-state index is 0.0449. The van der Waals surface area contributed by atoms with Crippen LogP contribution in [0.15, 0.2) is 18.3 Å². The number of amides is 1. The second kappa shape index (κ2) is 7.21. The summed E-state index contributed by atoms with van der Waals surface area (Å²) in [4.78, 5) is 16.4. The highest BCUT2D eigenvalue weighted by atomic mass is 16.5. The van der Waals surface area contributed by atoms with Gasteiger partial charge in [-0.1, -0.05) is 11.8 Å². The molecule has 0 saturated carbocycles. The number of ether oxygens (including phenoxy) is 1. The zero-order valence-electron chi connectivity index (χ0n) is 12.2. The van der Waals surface area contributed by atoms with Gasteiger partial charge in [0.15, 0.2) is 0 Å². The molecule has 5 nitrogen and oxygen atoms in total. The number of carbonyl (C=O) groups is 1. The molecule has 0 atom stereocenters. The number of rotatable bonds is 3. The first-order chi connectivity index (χ1) is 10.1. The van der Waals surface area contributed by atoms with E-state index in [1.807, 2.05) is 6.92 Å². The molecular formula is C16H20N2O3. The Balaban J connectivity index is 1.98. The van der Waals surface area contributed by atoms with E-state index in [4.69, 9.17) is 9.84 Å². The summed E-state index contributed by atoms with van der Waals surface area (Å²) in [7, 11) is 0. The van der Waals surface area contributed by atoms with Crippen molar-refractivity contribution < 1.29 is 14.6 Å². The van der Waals surface area contributed by atoms with Gasteiger partial charge in [0.1, 0.15) is 5.69 Å². The minimum atomic E-state index is -0.226. The van der Waals surface area contributed by atoms with E-state index < -0.39 is 0 Å². The Kier molecular flexibility index (Phi) is 5.32. The van der Waals surface area contributed by atoms with Crippen molar-refractivity contribution >= 4 is 5.91 Å². The molecule has 1 saturated heterocycles. The maximum absolute atomic E-state index is 12.2. The fourth-order valence-corrected chi connectivity index (χ4v) is 2.11. The number of aliphatic hydroxyl groups is 1. The van der Waals surface area contributed by atoms with Gasteiger partial charge < -0.3 is 15.2 Å². The number of pyridine rings is 1. The third kappa shape index (κ3) is 4.55. The standard InChI is InChI=1S/C16H20N2O3/c1-16(7-10-21-11-8-16)18-15(20)14-6-5-13(12-17-14)4-2-3-9-19/h5-6,12,19H,3,7-11H2,1H3,(H,18,20). The van der Waals surface area contributed by atoms with Crippen molar-refractivity contribution in [2.75, 3.05) is 19.8 Å². The Bertz CT molecular complexity index is 537. The molecule has 1 aliphatic rings. The Morgan fingerprint density at radius 3 is 2.86 bits per heavy atom. The van der Waals surface area contributed by atoms with E-state index in [2.05, 4.69) is 22.1 Å². The SMILES string of the molecule is CC1(NC(=O)c2ccc(C#CCCO)cn2)CCOCC1. The third-order valence-electron chi connectivity index (χ3n) is 3.48. The van der Waals surface area contributed by atoms with E-state index in [1.54, 1.807) is 18.3 Å². The zero-order valence-corrected chi connectivity index (χ0v) is 12.2. The lowest BCUT2D eigenvalue weighted by molar-refractivity contribution is 0.0421. The van der Waals surface area contributed by atoms with Gasteiger partial charge in [0.05, 0.1) is 6.61 Å². The van der Waals surface area contributed by atoms with Crippen LogP contribution in [-0.4, -0.2) is 41.4 Å². The predicted octanol–water partition coefficient (Wildman–Crippen LogP) is 1.11. The molecule has 1 aromatic heterocycles. The molecule has 1 aliphatic heterocycles. The molecule has 0 radical (unpaired) electrons. The van der Waals surface area contributed by atoms with Crippen LogP contribution in [-0.2, 0) is 4.74 Å². The molecule has 1 aromatic rings. The number of hydrogen-bond acceptors (Lipinski definition) is 4. The quantitative estimate of drug-likeness (QED) is 0.818. The van der Waals surface area contributed by atoms with Gasteiger partial charge in [-0.25, -0.2) is 4.98 Å². The number of carbonyl (C=O) groups excluding carboxylic acids is 1. The summed E-state index contributed by atoms with van der Waals surface area (Å²) >= 11 is 0. The summed E-state index contributed by atoms with van der Waals surface area (Å²) in [5.74, 6) is 5.53. The molecule has 112 valence electrons. The number of nitrogens with one attached hydrogen (secondary N) is 1. The maximum atomic E-state index is 12.2. The zero-order chi connectivity index (χ0) is 15.1. The molecule has 0 bridgehead atoms. The fourth-order valence-electron chi connectivity index (χ4n) is 2.11. The second-order valence-electron chi connectivity index (χ2n) is 5.33. The average Bonchev–Trinajstić information content (AvgIpc) is 2.48. The van der Waals surface area contributed by atoms with Crippen LogP contribution in [0, 0.1) is 11.8 Å². The number of hydrogen-bond donors (Lipinski definition) is 2. The lowest BCUT2D eigenvalue weighted by Gasteiger charge is -2.34. The number of nitrogens with zero attached hydrogens (tertiary/aromatic N) is 1. The van der Waals surface area contributed by atoms with Crippen LogP contribution < -0.4 is 5.32 Å². The van der Waals surface area contributed by atoms with Crippen molar-refractivity contribution in [3.63, 3.8) is 0 Å². The van der Waals surface area contributed by atoms with Crippen molar-refractivity contribution in [3.05, 3.63) is 29.6 Å². The van der Waals surface area contributed by atoms with E-state index in [-0.39, 0.29) is 18.1 Å². The molecule has 5 heteroatoms. The maximum Gasteiger partial charge on any atom is 0.270 e. The summed E-state index contributed by atoms with van der Waals surface area (Å²) < 4.78 is 5.31. The molecule has 2 rings (SSSR count). The highest BCUT2D eigenvalue weighted by Gasteiger charge is 2.29. The monoisotopic (exact) mass is 288 g/mol. The van der Waals surface area contributed by atoms with Crippen LogP contribution in [0.5, 0.6) is 0 Å². The van der Waals surface area contributed by atoms with Crippen molar-refractivity contribution in [1.82, 2.24) is 10.3 Å². The molecule has 0 spiro atoms. The van der Waals surface area contributed by atoms with Crippen LogP contribution in [0.2, 0.25) is 0 Å². The molecule has 1 fully saturated rings. The summed E-state index contributed by atoms with van der Waals surface area (Å²) in [6, 6.07) is 3.43. The molecule has 0 aromatic carbocycles. The highest BCUT2D eigenvalue weighted by Crippen LogP contribution is 2.20. The third-order valence-corrected chi connectivity index (χ3v) is 3.48. The van der Waals surface area contributed by atoms with Gasteiger partial charge in [0, 0.05) is 36.9 Å². The van der Waals surface area contributed by atoms with Crippen molar-refractivity contribution in [2.24, 2.45) is 0 Å². The van der Waals surface area contributed by atoms with E-state index >= 15 is 0 Å². The highest BCUT2D eigenvalue weighted by molar-refractivity contribution is 5.92. The summed E-state index contributed by atoms with van der Waals surface area (Å²) in [6.07, 6.45) is 3.63. The second-order valence-corrected chi connectivity index (χ2v) is 5.33. The van der Waals surface area contributed by atoms with Gasteiger partial charge in [-0.3, -0.25) is 4.79 Å². The minimum Gasteiger partial charge on any atom is -0.395 e. The Labute approximate surface area is 124 Å². The molecule has 1 amide bonds. The van der Waals surface area contributed by atoms with E-state index in [0.29, 0.717) is 25.3 Å². The van der Waals surface area contributed by atoms with Crippen LogP contribution in [0.25, 0.3) is 0 Å². The molecule has 2 heterocycles. The lowest BCUT2D eigenvalue weighted by atomic mass is 9.92. The van der Waals surface area contributed by atoms with E-state index in [0.717, 1.165) is 18.4 Å². The lowest BCUT2D eigenvalue weighted by Crippen LogP contribution is -2.49. The van der Waals surface area contributed by atoms with Gasteiger partial charge in [-0.05, 0) is 31.9 Å². The Morgan fingerprint density at radius 2 is 2.24 bits per heavy atom. The van der Waals surface area contributed by atoms with Gasteiger partial charge >= 0.3 is 0 Å². The Hall–Kier alpha value is -1.90. The molecule has 21 heavy (non-hydrogen) atoms. The van der Waals surface area contributed by atoms with Crippen molar-refractivity contribution in [2.45, 2.75) is 31.7 Å². The fraction of sp³-hybridized carbons (Fsp3) is 0.500. The van der Waals surface area contributed by atoms with Crippen molar-refractivity contribution in [1.29, 1.82) is 0 Å². The van der Waals surface area contributed by atoms with Gasteiger partial charge in [0.25, 0.3) is 5.91 Å².